The first-order valence-corrected chi connectivity index (χ1v) is 11.6. The number of fused-ring (bicyclic) bond motifs is 1. The van der Waals surface area contributed by atoms with Crippen LogP contribution in [0.3, 0.4) is 0 Å². The quantitative estimate of drug-likeness (QED) is 0.646. The number of nitrogens with zero attached hydrogens (tertiary/aromatic N) is 2. The standard InChI is InChI=1S/C26H31N3O3/c30-25(31)16-20-7-8-21-11-12-24(17-23(21)15-20)28-26(32)22-9-5-19(6-10-22)18-27-29-13-3-1-2-4-14-29/h5-6,9-12,17-18,20H,1-4,7-8,13-16H2,(H,28,32)(H,30,31). The smallest absolute Gasteiger partial charge is 0.303 e. The zero-order valence-corrected chi connectivity index (χ0v) is 18.4. The lowest BCUT2D eigenvalue weighted by molar-refractivity contribution is -0.138. The van der Waals surface area contributed by atoms with E-state index in [0.717, 1.165) is 49.2 Å². The van der Waals surface area contributed by atoms with Gasteiger partial charge in [0.15, 0.2) is 0 Å². The van der Waals surface area contributed by atoms with Crippen LogP contribution < -0.4 is 5.32 Å². The molecule has 0 aromatic heterocycles. The Balaban J connectivity index is 1.36. The number of aryl methyl sites for hydroxylation is 1. The summed E-state index contributed by atoms with van der Waals surface area (Å²) in [5, 5.41) is 18.8. The Kier molecular flexibility index (Phi) is 7.20. The van der Waals surface area contributed by atoms with Crippen LogP contribution in [0.5, 0.6) is 0 Å². The molecule has 1 aliphatic carbocycles. The number of anilines is 1. The maximum atomic E-state index is 12.7. The molecule has 0 bridgehead atoms. The van der Waals surface area contributed by atoms with E-state index in [1.165, 1.54) is 31.2 Å². The average molecular weight is 434 g/mol. The lowest BCUT2D eigenvalue weighted by atomic mass is 9.82. The number of hydrazone groups is 1. The Labute approximate surface area is 189 Å². The van der Waals surface area contributed by atoms with Crippen molar-refractivity contribution in [2.24, 2.45) is 11.0 Å². The van der Waals surface area contributed by atoms with Crippen LogP contribution in [0.2, 0.25) is 0 Å². The second-order valence-corrected chi connectivity index (χ2v) is 8.88. The van der Waals surface area contributed by atoms with Gasteiger partial charge < -0.3 is 10.4 Å². The van der Waals surface area contributed by atoms with Crippen LogP contribution in [-0.4, -0.2) is 41.3 Å². The Bertz CT molecular complexity index is 976. The topological polar surface area (TPSA) is 82.0 Å². The van der Waals surface area contributed by atoms with Gasteiger partial charge in [0, 0.05) is 30.8 Å². The summed E-state index contributed by atoms with van der Waals surface area (Å²) in [4.78, 5) is 23.8. The number of amides is 1. The van der Waals surface area contributed by atoms with Gasteiger partial charge in [0.05, 0.1) is 6.21 Å². The third-order valence-corrected chi connectivity index (χ3v) is 6.38. The molecule has 6 heteroatoms. The van der Waals surface area contributed by atoms with E-state index in [1.807, 2.05) is 48.7 Å². The van der Waals surface area contributed by atoms with Crippen molar-refractivity contribution < 1.29 is 14.7 Å². The number of nitrogens with one attached hydrogen (secondary N) is 1. The molecule has 168 valence electrons. The molecular formula is C26H31N3O3. The number of rotatable bonds is 6. The van der Waals surface area contributed by atoms with Crippen LogP contribution in [0.15, 0.2) is 47.6 Å². The molecule has 1 fully saturated rings. The second kappa shape index (κ2) is 10.4. The summed E-state index contributed by atoms with van der Waals surface area (Å²) in [7, 11) is 0. The highest BCUT2D eigenvalue weighted by Gasteiger charge is 2.21. The predicted molar refractivity (Wildman–Crippen MR) is 126 cm³/mol. The molecule has 1 unspecified atom stereocenters. The normalized spacial score (nSPS) is 18.8. The van der Waals surface area contributed by atoms with E-state index in [9.17, 15) is 9.59 Å². The zero-order chi connectivity index (χ0) is 22.3. The van der Waals surface area contributed by atoms with Gasteiger partial charge in [0.25, 0.3) is 5.91 Å². The van der Waals surface area contributed by atoms with Crippen LogP contribution in [0, 0.1) is 5.92 Å². The van der Waals surface area contributed by atoms with E-state index in [4.69, 9.17) is 5.11 Å². The van der Waals surface area contributed by atoms with Gasteiger partial charge in [-0.1, -0.05) is 31.0 Å². The molecule has 2 aromatic carbocycles. The molecule has 1 amide bonds. The van der Waals surface area contributed by atoms with Crippen molar-refractivity contribution in [3.8, 4) is 0 Å². The lowest BCUT2D eigenvalue weighted by Gasteiger charge is -2.24. The molecule has 2 aliphatic rings. The minimum atomic E-state index is -0.747. The van der Waals surface area contributed by atoms with E-state index < -0.39 is 5.97 Å². The summed E-state index contributed by atoms with van der Waals surface area (Å²) in [5.41, 5.74) is 4.71. The number of carboxylic acid groups (broad SMARTS) is 1. The number of carbonyl (C=O) groups is 2. The third-order valence-electron chi connectivity index (χ3n) is 6.38. The fraction of sp³-hybridized carbons (Fsp3) is 0.423. The van der Waals surface area contributed by atoms with Crippen molar-refractivity contribution in [1.29, 1.82) is 0 Å². The minimum Gasteiger partial charge on any atom is -0.481 e. The van der Waals surface area contributed by atoms with E-state index in [2.05, 4.69) is 15.4 Å². The molecule has 1 saturated heterocycles. The molecule has 1 heterocycles. The zero-order valence-electron chi connectivity index (χ0n) is 18.4. The number of benzene rings is 2. The molecule has 1 aliphatic heterocycles. The first kappa shape index (κ1) is 22.1. The van der Waals surface area contributed by atoms with Crippen LogP contribution in [-0.2, 0) is 17.6 Å². The summed E-state index contributed by atoms with van der Waals surface area (Å²) >= 11 is 0. The highest BCUT2D eigenvalue weighted by molar-refractivity contribution is 6.04. The van der Waals surface area contributed by atoms with E-state index in [0.29, 0.717) is 5.56 Å². The fourth-order valence-electron chi connectivity index (χ4n) is 4.57. The van der Waals surface area contributed by atoms with Gasteiger partial charge in [0.1, 0.15) is 0 Å². The second-order valence-electron chi connectivity index (χ2n) is 8.88. The number of aliphatic carboxylic acids is 1. The van der Waals surface area contributed by atoms with Gasteiger partial charge in [-0.3, -0.25) is 14.6 Å². The van der Waals surface area contributed by atoms with Gasteiger partial charge in [-0.25, -0.2) is 0 Å². The highest BCUT2D eigenvalue weighted by Crippen LogP contribution is 2.29. The Morgan fingerprint density at radius 3 is 2.50 bits per heavy atom. The van der Waals surface area contributed by atoms with Crippen molar-refractivity contribution in [2.45, 2.75) is 51.4 Å². The van der Waals surface area contributed by atoms with E-state index in [-0.39, 0.29) is 18.2 Å². The number of carbonyl (C=O) groups excluding carboxylic acids is 1. The Morgan fingerprint density at radius 1 is 1.03 bits per heavy atom. The molecular weight excluding hydrogens is 402 g/mol. The highest BCUT2D eigenvalue weighted by atomic mass is 16.4. The van der Waals surface area contributed by atoms with Crippen LogP contribution in [0.25, 0.3) is 0 Å². The maximum absolute atomic E-state index is 12.7. The van der Waals surface area contributed by atoms with Crippen LogP contribution in [0.1, 0.15) is 65.6 Å². The summed E-state index contributed by atoms with van der Waals surface area (Å²) in [6.45, 7) is 2.02. The van der Waals surface area contributed by atoms with Crippen molar-refractivity contribution in [1.82, 2.24) is 5.01 Å². The van der Waals surface area contributed by atoms with Gasteiger partial charge in [-0.15, -0.1) is 0 Å². The van der Waals surface area contributed by atoms with Crippen molar-refractivity contribution in [3.05, 3.63) is 64.7 Å². The number of hydrogen-bond donors (Lipinski definition) is 2. The third kappa shape index (κ3) is 5.96. The SMILES string of the molecule is O=C(O)CC1CCc2ccc(NC(=O)c3ccc(C=NN4CCCCCC4)cc3)cc2C1. The molecule has 0 radical (unpaired) electrons. The Morgan fingerprint density at radius 2 is 1.78 bits per heavy atom. The van der Waals surface area contributed by atoms with E-state index in [1.54, 1.807) is 0 Å². The molecule has 2 aromatic rings. The van der Waals surface area contributed by atoms with Gasteiger partial charge >= 0.3 is 5.97 Å². The Hall–Kier alpha value is -3.15. The average Bonchev–Trinajstić information content (AvgIpc) is 3.06. The number of hydrogen-bond acceptors (Lipinski definition) is 4. The minimum absolute atomic E-state index is 0.154. The predicted octanol–water partition coefficient (Wildman–Crippen LogP) is 4.73. The largest absolute Gasteiger partial charge is 0.481 e. The molecule has 0 spiro atoms. The summed E-state index contributed by atoms with van der Waals surface area (Å²) in [6, 6.07) is 13.4. The molecule has 2 N–H and O–H groups in total. The number of carboxylic acids is 1. The fourth-order valence-corrected chi connectivity index (χ4v) is 4.57. The molecule has 0 saturated carbocycles. The summed E-state index contributed by atoms with van der Waals surface area (Å²) in [6.07, 6.45) is 9.55. The monoisotopic (exact) mass is 433 g/mol. The summed E-state index contributed by atoms with van der Waals surface area (Å²) < 4.78 is 0. The van der Waals surface area contributed by atoms with Crippen LogP contribution in [0.4, 0.5) is 5.69 Å². The molecule has 6 nitrogen and oxygen atoms in total. The van der Waals surface area contributed by atoms with Gasteiger partial charge in [-0.05, 0) is 79.0 Å². The summed E-state index contributed by atoms with van der Waals surface area (Å²) in [5.74, 6) is -0.740. The maximum Gasteiger partial charge on any atom is 0.303 e. The van der Waals surface area contributed by atoms with Crippen molar-refractivity contribution in [3.63, 3.8) is 0 Å². The lowest BCUT2D eigenvalue weighted by Crippen LogP contribution is -2.18. The van der Waals surface area contributed by atoms with Gasteiger partial charge in [-0.2, -0.15) is 5.10 Å². The first-order valence-electron chi connectivity index (χ1n) is 11.6. The van der Waals surface area contributed by atoms with Crippen molar-refractivity contribution in [2.75, 3.05) is 18.4 Å². The molecule has 32 heavy (non-hydrogen) atoms. The molecule has 4 rings (SSSR count). The van der Waals surface area contributed by atoms with Gasteiger partial charge in [0.2, 0.25) is 0 Å². The van der Waals surface area contributed by atoms with Crippen LogP contribution >= 0.6 is 0 Å². The van der Waals surface area contributed by atoms with E-state index >= 15 is 0 Å². The van der Waals surface area contributed by atoms with Crippen molar-refractivity contribution >= 4 is 23.8 Å². The molecule has 1 atom stereocenters. The first-order chi connectivity index (χ1) is 15.6.